The lowest BCUT2D eigenvalue weighted by Gasteiger charge is -2.13. The van der Waals surface area contributed by atoms with E-state index in [1.54, 1.807) is 0 Å². The summed E-state index contributed by atoms with van der Waals surface area (Å²) in [4.78, 5) is 32.2. The van der Waals surface area contributed by atoms with Gasteiger partial charge in [-0.1, -0.05) is 0 Å². The molecule has 0 heterocycles. The fourth-order valence-electron chi connectivity index (χ4n) is 2.96. The minimum absolute atomic E-state index is 0.183. The van der Waals surface area contributed by atoms with Crippen LogP contribution in [0.15, 0.2) is 18.2 Å². The second kappa shape index (κ2) is 4.80. The molecule has 0 bridgehead atoms. The van der Waals surface area contributed by atoms with E-state index in [4.69, 9.17) is 4.74 Å². The number of carbonyl (C=O) groups is 1. The number of esters is 1. The van der Waals surface area contributed by atoms with Gasteiger partial charge in [0.15, 0.2) is 0 Å². The van der Waals surface area contributed by atoms with E-state index in [-0.39, 0.29) is 11.7 Å². The van der Waals surface area contributed by atoms with E-state index < -0.39 is 27.2 Å². The highest BCUT2D eigenvalue weighted by Crippen LogP contribution is 2.53. The topological polar surface area (TPSA) is 113 Å². The number of carbonyl (C=O) groups excluding carboxylic acids is 1. The van der Waals surface area contributed by atoms with E-state index in [1.165, 1.54) is 0 Å². The van der Waals surface area contributed by atoms with Crippen LogP contribution in [0.5, 0.6) is 0 Å². The van der Waals surface area contributed by atoms with Gasteiger partial charge < -0.3 is 4.74 Å². The molecule has 0 amide bonds. The predicted molar refractivity (Wildman–Crippen MR) is 69.8 cm³/mol. The van der Waals surface area contributed by atoms with Gasteiger partial charge in [-0.2, -0.15) is 0 Å². The van der Waals surface area contributed by atoms with Crippen molar-refractivity contribution in [1.82, 2.24) is 0 Å². The standard InChI is InChI=1S/C13H12N2O6/c16-13(21-12-4-1-7-5-10(7)12)9-3-2-8(14(17)18)6-11(9)15(19)20/h2-3,6-7,10,12H,1,4-5H2. The highest BCUT2D eigenvalue weighted by molar-refractivity contribution is 5.94. The number of fused-ring (bicyclic) bond motifs is 1. The Kier molecular flexibility index (Phi) is 3.08. The lowest BCUT2D eigenvalue weighted by Crippen LogP contribution is -2.19. The summed E-state index contributed by atoms with van der Waals surface area (Å²) in [6.07, 6.45) is 2.66. The second-order valence-electron chi connectivity index (χ2n) is 5.40. The normalized spacial score (nSPS) is 26.0. The number of nitrogens with zero attached hydrogens (tertiary/aromatic N) is 2. The third kappa shape index (κ3) is 2.44. The van der Waals surface area contributed by atoms with Crippen molar-refractivity contribution >= 4 is 17.3 Å². The molecule has 0 spiro atoms. The van der Waals surface area contributed by atoms with Crippen LogP contribution in [-0.4, -0.2) is 21.9 Å². The molecule has 8 nitrogen and oxygen atoms in total. The minimum atomic E-state index is -0.807. The van der Waals surface area contributed by atoms with Gasteiger partial charge in [-0.15, -0.1) is 0 Å². The van der Waals surface area contributed by atoms with Crippen LogP contribution in [0.25, 0.3) is 0 Å². The molecule has 3 atom stereocenters. The first kappa shape index (κ1) is 13.5. The first-order chi connectivity index (χ1) is 9.97. The quantitative estimate of drug-likeness (QED) is 0.478. The number of rotatable bonds is 4. The molecule has 0 aromatic heterocycles. The van der Waals surface area contributed by atoms with Crippen LogP contribution in [0, 0.1) is 32.1 Å². The molecule has 2 saturated carbocycles. The number of non-ortho nitro benzene ring substituents is 1. The summed E-state index contributed by atoms with van der Waals surface area (Å²) >= 11 is 0. The summed E-state index contributed by atoms with van der Waals surface area (Å²) in [5, 5.41) is 21.6. The molecule has 0 aliphatic heterocycles. The predicted octanol–water partition coefficient (Wildman–Crippen LogP) is 2.46. The van der Waals surface area contributed by atoms with Crippen molar-refractivity contribution in [2.24, 2.45) is 11.8 Å². The van der Waals surface area contributed by atoms with Crippen LogP contribution in [0.1, 0.15) is 29.6 Å². The number of nitro benzene ring substituents is 2. The van der Waals surface area contributed by atoms with Crippen LogP contribution in [0.3, 0.4) is 0 Å². The van der Waals surface area contributed by atoms with Gasteiger partial charge in [0.1, 0.15) is 11.7 Å². The number of benzene rings is 1. The Morgan fingerprint density at radius 1 is 1.19 bits per heavy atom. The van der Waals surface area contributed by atoms with E-state index in [0.29, 0.717) is 11.8 Å². The summed E-state index contributed by atoms with van der Waals surface area (Å²) in [5.41, 5.74) is -1.27. The van der Waals surface area contributed by atoms with Crippen LogP contribution < -0.4 is 0 Å². The van der Waals surface area contributed by atoms with Crippen LogP contribution in [-0.2, 0) is 4.74 Å². The molecule has 2 aliphatic rings. The van der Waals surface area contributed by atoms with Crippen LogP contribution in [0.2, 0.25) is 0 Å². The largest absolute Gasteiger partial charge is 0.458 e. The molecule has 1 aromatic carbocycles. The van der Waals surface area contributed by atoms with Crippen molar-refractivity contribution in [3.8, 4) is 0 Å². The third-order valence-electron chi connectivity index (χ3n) is 4.14. The Balaban J connectivity index is 1.84. The van der Waals surface area contributed by atoms with E-state index in [2.05, 4.69) is 0 Å². The minimum Gasteiger partial charge on any atom is -0.458 e. The molecule has 21 heavy (non-hydrogen) atoms. The van der Waals surface area contributed by atoms with E-state index in [0.717, 1.165) is 37.5 Å². The summed E-state index contributed by atoms with van der Waals surface area (Å²) in [5.74, 6) is 0.217. The van der Waals surface area contributed by atoms with Gasteiger partial charge in [0.2, 0.25) is 0 Å². The van der Waals surface area contributed by atoms with E-state index in [9.17, 15) is 25.0 Å². The first-order valence-electron chi connectivity index (χ1n) is 6.61. The fraction of sp³-hybridized carbons (Fsp3) is 0.462. The number of ether oxygens (including phenoxy) is 1. The zero-order chi connectivity index (χ0) is 15.1. The second-order valence-corrected chi connectivity index (χ2v) is 5.40. The lowest BCUT2D eigenvalue weighted by molar-refractivity contribution is -0.394. The van der Waals surface area contributed by atoms with Crippen LogP contribution >= 0.6 is 0 Å². The first-order valence-corrected chi connectivity index (χ1v) is 6.61. The fourth-order valence-corrected chi connectivity index (χ4v) is 2.96. The van der Waals surface area contributed by atoms with Gasteiger partial charge in [-0.25, -0.2) is 4.79 Å². The molecule has 0 N–H and O–H groups in total. The van der Waals surface area contributed by atoms with Gasteiger partial charge in [0, 0.05) is 6.07 Å². The van der Waals surface area contributed by atoms with Gasteiger partial charge >= 0.3 is 5.97 Å². The maximum Gasteiger partial charge on any atom is 0.345 e. The lowest BCUT2D eigenvalue weighted by atomic mass is 10.1. The Labute approximate surface area is 119 Å². The average molecular weight is 292 g/mol. The molecule has 1 aromatic rings. The molecule has 2 aliphatic carbocycles. The van der Waals surface area contributed by atoms with Crippen LogP contribution in [0.4, 0.5) is 11.4 Å². The molecule has 110 valence electrons. The Morgan fingerprint density at radius 3 is 2.48 bits per heavy atom. The molecule has 2 fully saturated rings. The van der Waals surface area contributed by atoms with Crippen molar-refractivity contribution in [1.29, 1.82) is 0 Å². The van der Waals surface area contributed by atoms with Crippen molar-refractivity contribution in [3.63, 3.8) is 0 Å². The number of nitro groups is 2. The SMILES string of the molecule is O=C(OC1CCC2CC21)c1ccc([N+](=O)[O-])cc1[N+](=O)[O-]. The van der Waals surface area contributed by atoms with Gasteiger partial charge in [-0.3, -0.25) is 20.2 Å². The molecule has 3 rings (SSSR count). The molecular formula is C13H12N2O6. The summed E-state index contributed by atoms with van der Waals surface area (Å²) in [6.45, 7) is 0. The summed E-state index contributed by atoms with van der Waals surface area (Å²) in [7, 11) is 0. The van der Waals surface area contributed by atoms with Gasteiger partial charge in [-0.05, 0) is 37.2 Å². The zero-order valence-electron chi connectivity index (χ0n) is 10.9. The molecule has 0 saturated heterocycles. The molecule has 0 radical (unpaired) electrons. The van der Waals surface area contributed by atoms with E-state index in [1.807, 2.05) is 0 Å². The maximum absolute atomic E-state index is 12.1. The number of hydrogen-bond donors (Lipinski definition) is 0. The maximum atomic E-state index is 12.1. The molecule has 8 heteroatoms. The highest BCUT2D eigenvalue weighted by Gasteiger charge is 2.50. The summed E-state index contributed by atoms with van der Waals surface area (Å²) < 4.78 is 5.33. The monoisotopic (exact) mass is 292 g/mol. The Hall–Kier alpha value is -2.51. The highest BCUT2D eigenvalue weighted by atomic mass is 16.6. The van der Waals surface area contributed by atoms with Crippen molar-refractivity contribution in [2.45, 2.75) is 25.4 Å². The smallest absolute Gasteiger partial charge is 0.345 e. The third-order valence-corrected chi connectivity index (χ3v) is 4.14. The molecule has 3 unspecified atom stereocenters. The molecular weight excluding hydrogens is 280 g/mol. The Bertz CT molecular complexity index is 644. The summed E-state index contributed by atoms with van der Waals surface area (Å²) in [6, 6.07) is 2.93. The Morgan fingerprint density at radius 2 is 1.95 bits per heavy atom. The van der Waals surface area contributed by atoms with Gasteiger partial charge in [0.05, 0.1) is 15.9 Å². The van der Waals surface area contributed by atoms with Crippen molar-refractivity contribution < 1.29 is 19.4 Å². The average Bonchev–Trinajstić information content (AvgIpc) is 3.13. The van der Waals surface area contributed by atoms with E-state index >= 15 is 0 Å². The number of hydrogen-bond acceptors (Lipinski definition) is 6. The zero-order valence-corrected chi connectivity index (χ0v) is 10.9. The van der Waals surface area contributed by atoms with Gasteiger partial charge in [0.25, 0.3) is 11.4 Å². The van der Waals surface area contributed by atoms with Crippen molar-refractivity contribution in [2.75, 3.05) is 0 Å². The van der Waals surface area contributed by atoms with Crippen molar-refractivity contribution in [3.05, 3.63) is 44.0 Å².